The maximum Gasteiger partial charge on any atom is 0.326 e. The fraction of sp³-hybridized carbons (Fsp3) is 0.412. The molecule has 124 valence electrons. The van der Waals surface area contributed by atoms with Gasteiger partial charge in [-0.3, -0.25) is 4.79 Å². The summed E-state index contributed by atoms with van der Waals surface area (Å²) < 4.78 is 15.1. The Morgan fingerprint density at radius 1 is 1.35 bits per heavy atom. The van der Waals surface area contributed by atoms with E-state index in [0.717, 1.165) is 10.9 Å². The molecular formula is C17H21FN2O3. The molecule has 5 nitrogen and oxygen atoms in total. The Morgan fingerprint density at radius 3 is 2.74 bits per heavy atom. The van der Waals surface area contributed by atoms with Gasteiger partial charge in [-0.05, 0) is 35.6 Å². The summed E-state index contributed by atoms with van der Waals surface area (Å²) in [5, 5.41) is 12.6. The lowest BCUT2D eigenvalue weighted by Crippen LogP contribution is -2.45. The topological polar surface area (TPSA) is 71.3 Å². The standard InChI is InChI=1S/C17H21FN2O3/c1-3-11(2)16(17(22)23)19-15(21)7-9-20-8-6-12-4-5-13(18)10-14(12)20/h4-6,8,10-11,16H,3,7,9H2,1-2H3,(H,19,21)(H,22,23)/t11-,16+/m1/s1. The van der Waals surface area contributed by atoms with E-state index in [-0.39, 0.29) is 24.1 Å². The molecule has 1 heterocycles. The minimum atomic E-state index is -1.03. The van der Waals surface area contributed by atoms with Gasteiger partial charge in [-0.25, -0.2) is 9.18 Å². The highest BCUT2D eigenvalue weighted by molar-refractivity contribution is 5.84. The highest BCUT2D eigenvalue weighted by Crippen LogP contribution is 2.17. The van der Waals surface area contributed by atoms with Gasteiger partial charge in [-0.1, -0.05) is 20.3 Å². The van der Waals surface area contributed by atoms with Crippen molar-refractivity contribution in [1.29, 1.82) is 0 Å². The van der Waals surface area contributed by atoms with Gasteiger partial charge in [0.05, 0.1) is 5.52 Å². The van der Waals surface area contributed by atoms with Crippen LogP contribution in [0.2, 0.25) is 0 Å². The monoisotopic (exact) mass is 320 g/mol. The lowest BCUT2D eigenvalue weighted by molar-refractivity contribution is -0.143. The van der Waals surface area contributed by atoms with Gasteiger partial charge in [0.2, 0.25) is 5.91 Å². The van der Waals surface area contributed by atoms with Crippen molar-refractivity contribution in [2.75, 3.05) is 0 Å². The van der Waals surface area contributed by atoms with Crippen LogP contribution in [0.25, 0.3) is 10.9 Å². The van der Waals surface area contributed by atoms with Crippen molar-refractivity contribution in [2.45, 2.75) is 39.3 Å². The number of carboxylic acid groups (broad SMARTS) is 1. The van der Waals surface area contributed by atoms with Crippen LogP contribution in [0.3, 0.4) is 0 Å². The Balaban J connectivity index is 2.00. The highest BCUT2D eigenvalue weighted by atomic mass is 19.1. The first-order chi connectivity index (χ1) is 10.9. The third-order valence-corrected chi connectivity index (χ3v) is 4.11. The number of aromatic nitrogens is 1. The summed E-state index contributed by atoms with van der Waals surface area (Å²) >= 11 is 0. The number of nitrogens with zero attached hydrogens (tertiary/aromatic N) is 1. The van der Waals surface area contributed by atoms with Crippen molar-refractivity contribution in [3.8, 4) is 0 Å². The molecule has 0 spiro atoms. The summed E-state index contributed by atoms with van der Waals surface area (Å²) in [7, 11) is 0. The van der Waals surface area contributed by atoms with Crippen molar-refractivity contribution >= 4 is 22.8 Å². The maximum atomic E-state index is 13.3. The van der Waals surface area contributed by atoms with E-state index in [1.54, 1.807) is 23.8 Å². The number of aryl methyl sites for hydroxylation is 1. The Hall–Kier alpha value is -2.37. The first kappa shape index (κ1) is 17.0. The Labute approximate surface area is 134 Å². The molecule has 1 amide bonds. The highest BCUT2D eigenvalue weighted by Gasteiger charge is 2.25. The van der Waals surface area contributed by atoms with Crippen LogP contribution in [-0.2, 0) is 16.1 Å². The van der Waals surface area contributed by atoms with Crippen molar-refractivity contribution in [3.63, 3.8) is 0 Å². The number of carboxylic acids is 1. The number of rotatable bonds is 7. The Morgan fingerprint density at radius 2 is 2.09 bits per heavy atom. The molecule has 0 radical (unpaired) electrons. The molecular weight excluding hydrogens is 299 g/mol. The molecule has 1 aromatic heterocycles. The van der Waals surface area contributed by atoms with Crippen LogP contribution in [-0.4, -0.2) is 27.6 Å². The van der Waals surface area contributed by atoms with Gasteiger partial charge in [0.15, 0.2) is 0 Å². The van der Waals surface area contributed by atoms with Gasteiger partial charge in [0, 0.05) is 19.2 Å². The van der Waals surface area contributed by atoms with Crippen LogP contribution in [0.1, 0.15) is 26.7 Å². The largest absolute Gasteiger partial charge is 0.480 e. The Kier molecular flexibility index (Phi) is 5.36. The average molecular weight is 320 g/mol. The molecule has 0 aliphatic rings. The van der Waals surface area contributed by atoms with E-state index < -0.39 is 12.0 Å². The quantitative estimate of drug-likeness (QED) is 0.824. The molecule has 23 heavy (non-hydrogen) atoms. The molecule has 0 unspecified atom stereocenters. The van der Waals surface area contributed by atoms with Crippen molar-refractivity contribution in [3.05, 3.63) is 36.3 Å². The van der Waals surface area contributed by atoms with Gasteiger partial charge in [-0.2, -0.15) is 0 Å². The van der Waals surface area contributed by atoms with E-state index in [1.165, 1.54) is 12.1 Å². The van der Waals surface area contributed by atoms with Gasteiger partial charge >= 0.3 is 5.97 Å². The Bertz CT molecular complexity index is 711. The van der Waals surface area contributed by atoms with E-state index in [1.807, 2.05) is 13.0 Å². The van der Waals surface area contributed by atoms with E-state index >= 15 is 0 Å². The zero-order valence-electron chi connectivity index (χ0n) is 13.3. The first-order valence-corrected chi connectivity index (χ1v) is 7.69. The summed E-state index contributed by atoms with van der Waals surface area (Å²) in [5.41, 5.74) is 0.717. The predicted molar refractivity (Wildman–Crippen MR) is 85.5 cm³/mol. The van der Waals surface area contributed by atoms with E-state index in [0.29, 0.717) is 13.0 Å². The van der Waals surface area contributed by atoms with Gasteiger partial charge in [0.25, 0.3) is 0 Å². The van der Waals surface area contributed by atoms with E-state index in [9.17, 15) is 19.1 Å². The number of carbonyl (C=O) groups is 2. The molecule has 0 saturated heterocycles. The van der Waals surface area contributed by atoms with Crippen molar-refractivity contribution in [1.82, 2.24) is 9.88 Å². The van der Waals surface area contributed by atoms with Crippen LogP contribution in [0.15, 0.2) is 30.5 Å². The molecule has 0 aliphatic heterocycles. The second-order valence-corrected chi connectivity index (χ2v) is 5.73. The van der Waals surface area contributed by atoms with E-state index in [2.05, 4.69) is 5.32 Å². The number of hydrogen-bond donors (Lipinski definition) is 2. The molecule has 0 bridgehead atoms. The third-order valence-electron chi connectivity index (χ3n) is 4.11. The second-order valence-electron chi connectivity index (χ2n) is 5.73. The average Bonchev–Trinajstić information content (AvgIpc) is 2.91. The summed E-state index contributed by atoms with van der Waals surface area (Å²) in [5.74, 6) is -1.82. The summed E-state index contributed by atoms with van der Waals surface area (Å²) in [6, 6.07) is 5.47. The van der Waals surface area contributed by atoms with Crippen LogP contribution in [0.5, 0.6) is 0 Å². The fourth-order valence-electron chi connectivity index (χ4n) is 2.50. The molecule has 2 atom stereocenters. The molecule has 0 saturated carbocycles. The summed E-state index contributed by atoms with van der Waals surface area (Å²) in [6.07, 6.45) is 2.60. The molecule has 2 aromatic rings. The van der Waals surface area contributed by atoms with Crippen LogP contribution in [0.4, 0.5) is 4.39 Å². The fourth-order valence-corrected chi connectivity index (χ4v) is 2.50. The summed E-state index contributed by atoms with van der Waals surface area (Å²) in [6.45, 7) is 4.04. The minimum absolute atomic E-state index is 0.139. The molecule has 2 rings (SSSR count). The number of nitrogens with one attached hydrogen (secondary N) is 1. The van der Waals surface area contributed by atoms with Gasteiger partial charge in [0.1, 0.15) is 11.9 Å². The number of amides is 1. The van der Waals surface area contributed by atoms with E-state index in [4.69, 9.17) is 0 Å². The van der Waals surface area contributed by atoms with Crippen molar-refractivity contribution in [2.24, 2.45) is 5.92 Å². The van der Waals surface area contributed by atoms with Crippen LogP contribution in [0, 0.1) is 11.7 Å². The van der Waals surface area contributed by atoms with Crippen LogP contribution >= 0.6 is 0 Å². The van der Waals surface area contributed by atoms with Gasteiger partial charge in [-0.15, -0.1) is 0 Å². The zero-order valence-corrected chi connectivity index (χ0v) is 13.3. The predicted octanol–water partition coefficient (Wildman–Crippen LogP) is 2.79. The van der Waals surface area contributed by atoms with Gasteiger partial charge < -0.3 is 15.0 Å². The SMILES string of the molecule is CC[C@@H](C)[C@H](NC(=O)CCn1ccc2ccc(F)cc21)C(=O)O. The number of halogens is 1. The summed E-state index contributed by atoms with van der Waals surface area (Å²) in [4.78, 5) is 23.2. The van der Waals surface area contributed by atoms with Crippen molar-refractivity contribution < 1.29 is 19.1 Å². The number of benzene rings is 1. The molecule has 6 heteroatoms. The second kappa shape index (κ2) is 7.26. The number of aliphatic carboxylic acids is 1. The van der Waals surface area contributed by atoms with Crippen LogP contribution < -0.4 is 5.32 Å². The minimum Gasteiger partial charge on any atom is -0.480 e. The number of hydrogen-bond acceptors (Lipinski definition) is 2. The molecule has 1 aromatic carbocycles. The first-order valence-electron chi connectivity index (χ1n) is 7.69. The normalized spacial score (nSPS) is 13.7. The maximum absolute atomic E-state index is 13.3. The molecule has 0 fully saturated rings. The number of fused-ring (bicyclic) bond motifs is 1. The third kappa shape index (κ3) is 4.09. The lowest BCUT2D eigenvalue weighted by atomic mass is 9.99. The molecule has 2 N–H and O–H groups in total. The smallest absolute Gasteiger partial charge is 0.326 e. The number of carbonyl (C=O) groups excluding carboxylic acids is 1. The zero-order chi connectivity index (χ0) is 17.0. The molecule has 0 aliphatic carbocycles. The lowest BCUT2D eigenvalue weighted by Gasteiger charge is -2.20.